The van der Waals surface area contributed by atoms with E-state index in [9.17, 15) is 9.59 Å². The molecule has 2 aliphatic heterocycles. The Labute approximate surface area is 212 Å². The maximum absolute atomic E-state index is 12.7. The van der Waals surface area contributed by atoms with Crippen molar-refractivity contribution in [3.8, 4) is 0 Å². The van der Waals surface area contributed by atoms with Crippen molar-refractivity contribution in [3.63, 3.8) is 0 Å². The third-order valence-corrected chi connectivity index (χ3v) is 8.82. The van der Waals surface area contributed by atoms with E-state index in [2.05, 4.69) is 44.0 Å². The number of benzene rings is 3. The molecule has 2 atom stereocenters. The Bertz CT molecular complexity index is 1100. The lowest BCUT2D eigenvalue weighted by molar-refractivity contribution is -0.116. The van der Waals surface area contributed by atoms with Gasteiger partial charge < -0.3 is 0 Å². The van der Waals surface area contributed by atoms with Crippen LogP contribution in [-0.2, 0) is 9.59 Å². The van der Waals surface area contributed by atoms with Crippen LogP contribution < -0.4 is 9.80 Å². The zero-order chi connectivity index (χ0) is 22.2. The first-order chi connectivity index (χ1) is 15.5. The number of carbonyl (C=O) groups is 2. The van der Waals surface area contributed by atoms with Gasteiger partial charge in [0.05, 0.1) is 11.5 Å². The van der Waals surface area contributed by atoms with Gasteiger partial charge in [-0.05, 0) is 59.7 Å². The van der Waals surface area contributed by atoms with Crippen LogP contribution in [0.25, 0.3) is 0 Å². The van der Waals surface area contributed by atoms with Gasteiger partial charge in [0.15, 0.2) is 0 Å². The molecule has 0 N–H and O–H groups in total. The summed E-state index contributed by atoms with van der Waals surface area (Å²) in [6.45, 7) is 0. The van der Waals surface area contributed by atoms with Crippen molar-refractivity contribution < 1.29 is 9.59 Å². The van der Waals surface area contributed by atoms with Gasteiger partial charge in [0.25, 0.3) is 0 Å². The van der Waals surface area contributed by atoms with Gasteiger partial charge in [-0.15, -0.1) is 23.5 Å². The number of thioether (sulfide) groups is 2. The van der Waals surface area contributed by atoms with Crippen LogP contribution in [0.15, 0.2) is 81.7 Å². The number of amides is 2. The summed E-state index contributed by atoms with van der Waals surface area (Å²) in [5.74, 6) is 1.08. The number of hydrogen-bond acceptors (Lipinski definition) is 4. The van der Waals surface area contributed by atoms with E-state index in [1.54, 1.807) is 23.5 Å². The Balaban J connectivity index is 1.44. The summed E-state index contributed by atoms with van der Waals surface area (Å²) in [6.07, 6.45) is 0. The topological polar surface area (TPSA) is 40.6 Å². The van der Waals surface area contributed by atoms with Crippen molar-refractivity contribution in [1.29, 1.82) is 0 Å². The zero-order valence-electron chi connectivity index (χ0n) is 16.8. The maximum atomic E-state index is 12.7. The quantitative estimate of drug-likeness (QED) is 0.337. The van der Waals surface area contributed by atoms with E-state index in [0.717, 1.165) is 31.4 Å². The van der Waals surface area contributed by atoms with Crippen LogP contribution in [0.3, 0.4) is 0 Å². The van der Waals surface area contributed by atoms with Crippen molar-refractivity contribution in [2.45, 2.75) is 10.7 Å². The Morgan fingerprint density at radius 1 is 0.656 bits per heavy atom. The van der Waals surface area contributed by atoms with Crippen LogP contribution in [0.1, 0.15) is 21.9 Å². The zero-order valence-corrected chi connectivity index (χ0v) is 21.6. The van der Waals surface area contributed by atoms with E-state index in [0.29, 0.717) is 11.5 Å². The Morgan fingerprint density at radius 3 is 1.44 bits per heavy atom. The van der Waals surface area contributed by atoms with Gasteiger partial charge in [0.2, 0.25) is 11.8 Å². The van der Waals surface area contributed by atoms with Crippen LogP contribution in [-0.4, -0.2) is 23.3 Å². The molecular formula is C24H18Br2N2O2S2. The number of hydrogen-bond donors (Lipinski definition) is 0. The van der Waals surface area contributed by atoms with Crippen molar-refractivity contribution in [2.24, 2.45) is 0 Å². The third kappa shape index (κ3) is 4.25. The first-order valence-corrected chi connectivity index (χ1v) is 13.7. The van der Waals surface area contributed by atoms with E-state index in [1.165, 1.54) is 0 Å². The summed E-state index contributed by atoms with van der Waals surface area (Å²) < 4.78 is 1.99. The molecule has 5 rings (SSSR count). The average Bonchev–Trinajstić information content (AvgIpc) is 3.36. The van der Waals surface area contributed by atoms with Crippen LogP contribution >= 0.6 is 55.4 Å². The molecule has 2 heterocycles. The molecule has 2 saturated heterocycles. The molecule has 0 radical (unpaired) electrons. The SMILES string of the molecule is O=C1CS[C@H](c2cccc(Br)c2)N1c1ccc(N2C(=O)CS[C@@H]2c2cccc(Br)c2)cc1. The fourth-order valence-electron chi connectivity index (χ4n) is 3.99. The van der Waals surface area contributed by atoms with Crippen molar-refractivity contribution >= 4 is 78.6 Å². The molecule has 3 aromatic carbocycles. The van der Waals surface area contributed by atoms with Crippen LogP contribution in [0.2, 0.25) is 0 Å². The summed E-state index contributed by atoms with van der Waals surface area (Å²) in [5.41, 5.74) is 3.85. The van der Waals surface area contributed by atoms with Crippen molar-refractivity contribution in [1.82, 2.24) is 0 Å². The van der Waals surface area contributed by atoms with E-state index in [4.69, 9.17) is 0 Å². The number of nitrogens with zero attached hydrogens (tertiary/aromatic N) is 2. The molecule has 8 heteroatoms. The minimum atomic E-state index is -0.0655. The van der Waals surface area contributed by atoms with E-state index in [1.807, 2.05) is 70.5 Å². The Hall–Kier alpha value is -1.74. The lowest BCUT2D eigenvalue weighted by atomic mass is 10.1. The molecule has 2 fully saturated rings. The van der Waals surface area contributed by atoms with Crippen molar-refractivity contribution in [2.75, 3.05) is 21.3 Å². The highest BCUT2D eigenvalue weighted by atomic mass is 79.9. The fraction of sp³-hybridized carbons (Fsp3) is 0.167. The highest BCUT2D eigenvalue weighted by Crippen LogP contribution is 2.45. The number of carbonyl (C=O) groups excluding carboxylic acids is 2. The van der Waals surface area contributed by atoms with E-state index in [-0.39, 0.29) is 22.6 Å². The molecule has 0 aliphatic carbocycles. The molecule has 162 valence electrons. The van der Waals surface area contributed by atoms with Crippen LogP contribution in [0.4, 0.5) is 11.4 Å². The second kappa shape index (κ2) is 9.25. The van der Waals surface area contributed by atoms with Gasteiger partial charge >= 0.3 is 0 Å². The third-order valence-electron chi connectivity index (χ3n) is 5.41. The molecule has 2 aliphatic rings. The maximum Gasteiger partial charge on any atom is 0.238 e. The monoisotopic (exact) mass is 588 g/mol. The van der Waals surface area contributed by atoms with Crippen LogP contribution in [0, 0.1) is 0 Å². The number of halogens is 2. The van der Waals surface area contributed by atoms with E-state index >= 15 is 0 Å². The molecule has 2 amide bonds. The summed E-state index contributed by atoms with van der Waals surface area (Å²) >= 11 is 10.3. The lowest BCUT2D eigenvalue weighted by Gasteiger charge is -2.27. The molecule has 0 bridgehead atoms. The van der Waals surface area contributed by atoms with Gasteiger partial charge in [-0.1, -0.05) is 56.1 Å². The van der Waals surface area contributed by atoms with Gasteiger partial charge in [-0.25, -0.2) is 0 Å². The summed E-state index contributed by atoms with van der Waals surface area (Å²) in [5, 5.41) is -0.131. The Morgan fingerprint density at radius 2 is 1.06 bits per heavy atom. The lowest BCUT2D eigenvalue weighted by Crippen LogP contribution is -2.29. The Kier molecular flexibility index (Phi) is 6.38. The second-order valence-corrected chi connectivity index (χ2v) is 11.4. The second-order valence-electron chi connectivity index (χ2n) is 7.48. The smallest absolute Gasteiger partial charge is 0.238 e. The minimum Gasteiger partial charge on any atom is -0.295 e. The molecule has 32 heavy (non-hydrogen) atoms. The largest absolute Gasteiger partial charge is 0.295 e. The highest BCUT2D eigenvalue weighted by molar-refractivity contribution is 9.10. The minimum absolute atomic E-state index is 0.0655. The fourth-order valence-corrected chi connectivity index (χ4v) is 7.16. The van der Waals surface area contributed by atoms with Crippen molar-refractivity contribution in [3.05, 3.63) is 92.9 Å². The first-order valence-electron chi connectivity index (χ1n) is 9.99. The summed E-state index contributed by atoms with van der Waals surface area (Å²) in [4.78, 5) is 29.2. The molecule has 0 spiro atoms. The normalized spacial score (nSPS) is 20.9. The molecule has 0 unspecified atom stereocenters. The predicted molar refractivity (Wildman–Crippen MR) is 140 cm³/mol. The summed E-state index contributed by atoms with van der Waals surface area (Å²) in [7, 11) is 0. The molecule has 0 saturated carbocycles. The first kappa shape index (κ1) is 22.1. The average molecular weight is 590 g/mol. The standard InChI is InChI=1S/C24H18Br2N2O2S2/c25-17-5-1-3-15(11-17)23-27(21(29)13-31-23)19-7-9-20(10-8-19)28-22(30)14-32-24(28)16-4-2-6-18(26)12-16/h1-12,23-24H,13-14H2/t23-,24-/m1/s1. The predicted octanol–water partition coefficient (Wildman–Crippen LogP) is 6.77. The van der Waals surface area contributed by atoms with Gasteiger partial charge in [0.1, 0.15) is 10.7 Å². The molecular weight excluding hydrogens is 572 g/mol. The number of rotatable bonds is 4. The van der Waals surface area contributed by atoms with Crippen LogP contribution in [0.5, 0.6) is 0 Å². The molecule has 4 nitrogen and oxygen atoms in total. The molecule has 0 aromatic heterocycles. The van der Waals surface area contributed by atoms with Gasteiger partial charge in [0, 0.05) is 20.3 Å². The van der Waals surface area contributed by atoms with Gasteiger partial charge in [-0.2, -0.15) is 0 Å². The van der Waals surface area contributed by atoms with E-state index < -0.39 is 0 Å². The number of anilines is 2. The van der Waals surface area contributed by atoms with Gasteiger partial charge in [-0.3, -0.25) is 19.4 Å². The summed E-state index contributed by atoms with van der Waals surface area (Å²) in [6, 6.07) is 23.9. The molecule has 3 aromatic rings. The highest BCUT2D eigenvalue weighted by Gasteiger charge is 2.36.